The molecule has 0 fully saturated rings. The third-order valence-electron chi connectivity index (χ3n) is 3.19. The van der Waals surface area contributed by atoms with E-state index in [1.165, 1.54) is 0 Å². The molecule has 0 radical (unpaired) electrons. The van der Waals surface area contributed by atoms with Crippen LogP contribution in [-0.4, -0.2) is 32.7 Å². The van der Waals surface area contributed by atoms with Crippen molar-refractivity contribution in [3.63, 3.8) is 0 Å². The van der Waals surface area contributed by atoms with Gasteiger partial charge in [0.2, 0.25) is 0 Å². The quantitative estimate of drug-likeness (QED) is 0.793. The summed E-state index contributed by atoms with van der Waals surface area (Å²) in [4.78, 5) is 12.2. The summed E-state index contributed by atoms with van der Waals surface area (Å²) in [7, 11) is 1.64. The molecule has 0 bridgehead atoms. The molecular formula is C16H20N2O2. The van der Waals surface area contributed by atoms with Crippen molar-refractivity contribution in [1.82, 2.24) is 10.6 Å². The highest BCUT2D eigenvalue weighted by Crippen LogP contribution is 2.28. The Kier molecular flexibility index (Phi) is 4.96. The molecule has 4 heteroatoms. The number of fused-ring (bicyclic) bond motifs is 1. The molecule has 4 nitrogen and oxygen atoms in total. The number of benzene rings is 2. The van der Waals surface area contributed by atoms with Gasteiger partial charge in [0.25, 0.3) is 5.91 Å². The number of nitrogens with one attached hydrogen (secondary N) is 2. The Bertz CT molecular complexity index is 596. The fourth-order valence-corrected chi connectivity index (χ4v) is 2.18. The molecule has 0 spiro atoms. The van der Waals surface area contributed by atoms with Gasteiger partial charge in [0.15, 0.2) is 0 Å². The minimum Gasteiger partial charge on any atom is -0.496 e. The van der Waals surface area contributed by atoms with Crippen LogP contribution in [0.2, 0.25) is 0 Å². The van der Waals surface area contributed by atoms with Crippen LogP contribution in [0.15, 0.2) is 36.4 Å². The number of rotatable bonds is 6. The fourth-order valence-electron chi connectivity index (χ4n) is 2.18. The zero-order valence-electron chi connectivity index (χ0n) is 11.9. The second-order valence-electron chi connectivity index (χ2n) is 4.47. The van der Waals surface area contributed by atoms with Gasteiger partial charge in [-0.3, -0.25) is 4.79 Å². The summed E-state index contributed by atoms with van der Waals surface area (Å²) >= 11 is 0. The van der Waals surface area contributed by atoms with Crippen LogP contribution in [0.1, 0.15) is 17.3 Å². The first-order valence-electron chi connectivity index (χ1n) is 6.82. The molecule has 2 aromatic rings. The first-order chi connectivity index (χ1) is 9.77. The van der Waals surface area contributed by atoms with Gasteiger partial charge in [0.05, 0.1) is 7.11 Å². The van der Waals surface area contributed by atoms with Crippen LogP contribution in [0.25, 0.3) is 10.8 Å². The lowest BCUT2D eigenvalue weighted by Gasteiger charge is -2.11. The number of amides is 1. The maximum atomic E-state index is 12.2. The van der Waals surface area contributed by atoms with E-state index in [0.29, 0.717) is 12.1 Å². The van der Waals surface area contributed by atoms with Crippen molar-refractivity contribution in [2.24, 2.45) is 0 Å². The van der Waals surface area contributed by atoms with E-state index in [9.17, 15) is 4.79 Å². The number of likely N-dealkylation sites (N-methyl/N-ethyl adjacent to an activating group) is 1. The van der Waals surface area contributed by atoms with Gasteiger partial charge in [0, 0.05) is 24.0 Å². The van der Waals surface area contributed by atoms with Gasteiger partial charge in [-0.15, -0.1) is 0 Å². The maximum Gasteiger partial charge on any atom is 0.251 e. The summed E-state index contributed by atoms with van der Waals surface area (Å²) in [6.07, 6.45) is 0. The molecular weight excluding hydrogens is 252 g/mol. The first-order valence-corrected chi connectivity index (χ1v) is 6.82. The standard InChI is InChI=1S/C16H20N2O2/c1-3-17-10-11-18-16(19)14-8-9-15(20-2)13-7-5-4-6-12(13)14/h4-9,17H,3,10-11H2,1-2H3,(H,18,19). The summed E-state index contributed by atoms with van der Waals surface area (Å²) in [5.74, 6) is 0.728. The minimum absolute atomic E-state index is 0.0539. The Morgan fingerprint density at radius 3 is 2.55 bits per heavy atom. The van der Waals surface area contributed by atoms with E-state index in [4.69, 9.17) is 4.74 Å². The molecule has 0 saturated heterocycles. The van der Waals surface area contributed by atoms with E-state index < -0.39 is 0 Å². The van der Waals surface area contributed by atoms with Gasteiger partial charge in [-0.2, -0.15) is 0 Å². The van der Waals surface area contributed by atoms with E-state index in [0.717, 1.165) is 29.6 Å². The summed E-state index contributed by atoms with van der Waals surface area (Å²) in [6, 6.07) is 11.4. The monoisotopic (exact) mass is 272 g/mol. The summed E-state index contributed by atoms with van der Waals surface area (Å²) in [5.41, 5.74) is 0.679. The smallest absolute Gasteiger partial charge is 0.251 e. The first kappa shape index (κ1) is 14.3. The number of carbonyl (C=O) groups excluding carboxylic acids is 1. The minimum atomic E-state index is -0.0539. The van der Waals surface area contributed by atoms with Gasteiger partial charge in [-0.1, -0.05) is 31.2 Å². The summed E-state index contributed by atoms with van der Waals surface area (Å²) in [6.45, 7) is 4.34. The molecule has 20 heavy (non-hydrogen) atoms. The molecule has 2 N–H and O–H groups in total. The Morgan fingerprint density at radius 2 is 1.85 bits per heavy atom. The zero-order valence-corrected chi connectivity index (χ0v) is 11.9. The van der Waals surface area contributed by atoms with Crippen molar-refractivity contribution in [3.8, 4) is 5.75 Å². The Labute approximate surface area is 119 Å². The highest BCUT2D eigenvalue weighted by Gasteiger charge is 2.11. The van der Waals surface area contributed by atoms with Crippen molar-refractivity contribution in [2.45, 2.75) is 6.92 Å². The summed E-state index contributed by atoms with van der Waals surface area (Å²) < 4.78 is 5.33. The Hall–Kier alpha value is -2.07. The van der Waals surface area contributed by atoms with E-state index in [2.05, 4.69) is 10.6 Å². The van der Waals surface area contributed by atoms with Crippen LogP contribution in [0, 0.1) is 0 Å². The molecule has 106 valence electrons. The lowest BCUT2D eigenvalue weighted by Crippen LogP contribution is -2.31. The lowest BCUT2D eigenvalue weighted by atomic mass is 10.0. The van der Waals surface area contributed by atoms with Crippen LogP contribution in [0.4, 0.5) is 0 Å². The lowest BCUT2D eigenvalue weighted by molar-refractivity contribution is 0.0955. The van der Waals surface area contributed by atoms with Crippen LogP contribution >= 0.6 is 0 Å². The second kappa shape index (κ2) is 6.91. The molecule has 0 aliphatic heterocycles. The second-order valence-corrected chi connectivity index (χ2v) is 4.47. The predicted molar refractivity (Wildman–Crippen MR) is 81.4 cm³/mol. The van der Waals surface area contributed by atoms with Crippen molar-refractivity contribution in [3.05, 3.63) is 42.0 Å². The molecule has 0 heterocycles. The van der Waals surface area contributed by atoms with Gasteiger partial charge in [-0.05, 0) is 24.1 Å². The van der Waals surface area contributed by atoms with Crippen LogP contribution in [0.3, 0.4) is 0 Å². The normalized spacial score (nSPS) is 10.5. The Balaban J connectivity index is 2.24. The molecule has 0 aliphatic rings. The third kappa shape index (κ3) is 3.08. The maximum absolute atomic E-state index is 12.2. The average Bonchev–Trinajstić information content (AvgIpc) is 2.50. The van der Waals surface area contributed by atoms with Gasteiger partial charge < -0.3 is 15.4 Å². The third-order valence-corrected chi connectivity index (χ3v) is 3.19. The van der Waals surface area contributed by atoms with E-state index in [-0.39, 0.29) is 5.91 Å². The molecule has 2 rings (SSSR count). The van der Waals surface area contributed by atoms with Crippen molar-refractivity contribution in [1.29, 1.82) is 0 Å². The van der Waals surface area contributed by atoms with Gasteiger partial charge in [-0.25, -0.2) is 0 Å². The van der Waals surface area contributed by atoms with E-state index in [1.54, 1.807) is 7.11 Å². The number of hydrogen-bond acceptors (Lipinski definition) is 3. The summed E-state index contributed by atoms with van der Waals surface area (Å²) in [5, 5.41) is 7.96. The SMILES string of the molecule is CCNCCNC(=O)c1ccc(OC)c2ccccc12. The van der Waals surface area contributed by atoms with Gasteiger partial charge >= 0.3 is 0 Å². The van der Waals surface area contributed by atoms with E-state index in [1.807, 2.05) is 43.3 Å². The van der Waals surface area contributed by atoms with Crippen molar-refractivity contribution in [2.75, 3.05) is 26.7 Å². The highest BCUT2D eigenvalue weighted by atomic mass is 16.5. The van der Waals surface area contributed by atoms with Crippen LogP contribution in [-0.2, 0) is 0 Å². The number of carbonyl (C=O) groups is 1. The molecule has 0 saturated carbocycles. The molecule has 0 atom stereocenters. The average molecular weight is 272 g/mol. The number of hydrogen-bond donors (Lipinski definition) is 2. The molecule has 0 aromatic heterocycles. The molecule has 0 unspecified atom stereocenters. The largest absolute Gasteiger partial charge is 0.496 e. The van der Waals surface area contributed by atoms with Crippen LogP contribution < -0.4 is 15.4 Å². The van der Waals surface area contributed by atoms with Gasteiger partial charge in [0.1, 0.15) is 5.75 Å². The van der Waals surface area contributed by atoms with Crippen LogP contribution in [0.5, 0.6) is 5.75 Å². The topological polar surface area (TPSA) is 50.4 Å². The fraction of sp³-hybridized carbons (Fsp3) is 0.312. The van der Waals surface area contributed by atoms with E-state index >= 15 is 0 Å². The molecule has 2 aromatic carbocycles. The molecule has 0 aliphatic carbocycles. The number of ether oxygens (including phenoxy) is 1. The molecule has 1 amide bonds. The van der Waals surface area contributed by atoms with Crippen molar-refractivity contribution < 1.29 is 9.53 Å². The Morgan fingerprint density at radius 1 is 1.10 bits per heavy atom. The van der Waals surface area contributed by atoms with Crippen molar-refractivity contribution >= 4 is 16.7 Å². The number of methoxy groups -OCH3 is 1. The predicted octanol–water partition coefficient (Wildman–Crippen LogP) is 2.19. The zero-order chi connectivity index (χ0) is 14.4. The highest BCUT2D eigenvalue weighted by molar-refractivity contribution is 6.08.